The van der Waals surface area contributed by atoms with Gasteiger partial charge in [-0.2, -0.15) is 0 Å². The first-order valence-corrected chi connectivity index (χ1v) is 17.2. The van der Waals surface area contributed by atoms with Crippen LogP contribution in [0.15, 0.2) is 176 Å². The predicted molar refractivity (Wildman–Crippen MR) is 205 cm³/mol. The van der Waals surface area contributed by atoms with Gasteiger partial charge in [0.1, 0.15) is 0 Å². The van der Waals surface area contributed by atoms with Gasteiger partial charge in [-0.25, -0.2) is 15.0 Å². The monoisotopic (exact) mass is 643 g/mol. The van der Waals surface area contributed by atoms with Gasteiger partial charge in [-0.05, 0) is 39.4 Å². The topological polar surface area (TPSA) is 38.7 Å². The number of benzene rings is 7. The van der Waals surface area contributed by atoms with Crippen LogP contribution in [0, 0.1) is 0 Å². The van der Waals surface area contributed by atoms with E-state index in [0.29, 0.717) is 17.5 Å². The lowest BCUT2D eigenvalue weighted by Crippen LogP contribution is -2.00. The zero-order valence-electron chi connectivity index (χ0n) is 26.5. The van der Waals surface area contributed by atoms with Crippen molar-refractivity contribution in [2.45, 2.75) is 0 Å². The van der Waals surface area contributed by atoms with Crippen molar-refractivity contribution < 1.29 is 0 Å². The van der Waals surface area contributed by atoms with Gasteiger partial charge in [0.15, 0.2) is 17.5 Å². The fourth-order valence-electron chi connectivity index (χ4n) is 6.52. The van der Waals surface area contributed by atoms with Crippen LogP contribution in [0.25, 0.3) is 87.7 Å². The molecule has 0 unspecified atom stereocenters. The van der Waals surface area contributed by atoms with Gasteiger partial charge in [-0.1, -0.05) is 170 Å². The van der Waals surface area contributed by atoms with E-state index in [4.69, 9.17) is 15.0 Å². The normalized spacial score (nSPS) is 11.3. The maximum absolute atomic E-state index is 5.17. The molecule has 0 N–H and O–H groups in total. The molecule has 0 radical (unpaired) electrons. The van der Waals surface area contributed by atoms with Crippen LogP contribution in [0.1, 0.15) is 0 Å². The summed E-state index contributed by atoms with van der Waals surface area (Å²) in [5, 5.41) is 2.38. The molecule has 230 valence electrons. The molecule has 2 heterocycles. The number of hydrogen-bond acceptors (Lipinski definition) is 4. The van der Waals surface area contributed by atoms with Crippen molar-refractivity contribution in [3.63, 3.8) is 0 Å². The van der Waals surface area contributed by atoms with Gasteiger partial charge in [-0.15, -0.1) is 11.3 Å². The highest BCUT2D eigenvalue weighted by molar-refractivity contribution is 7.26. The smallest absolute Gasteiger partial charge is 0.164 e. The highest BCUT2D eigenvalue weighted by Gasteiger charge is 2.18. The minimum Gasteiger partial charge on any atom is -0.208 e. The molecule has 0 spiro atoms. The Labute approximate surface area is 288 Å². The molecular weight excluding hydrogens is 615 g/mol. The highest BCUT2D eigenvalue weighted by atomic mass is 32.1. The molecule has 9 rings (SSSR count). The Hall–Kier alpha value is -6.23. The van der Waals surface area contributed by atoms with Crippen molar-refractivity contribution in [3.05, 3.63) is 176 Å². The summed E-state index contributed by atoms with van der Waals surface area (Å²) in [7, 11) is 0. The molecule has 0 aliphatic heterocycles. The summed E-state index contributed by atoms with van der Waals surface area (Å²) in [5.41, 5.74) is 9.99. The number of nitrogens with zero attached hydrogens (tertiary/aromatic N) is 3. The SMILES string of the molecule is c1ccc(-c2ccc(-c3nc(-c4ccc(-c5ccccc5)cc4)nc(-c4cccc5sc6c(-c7ccccc7)cccc6c45)n3)cc2)cc1. The van der Waals surface area contributed by atoms with Gasteiger partial charge < -0.3 is 0 Å². The Morgan fingerprint density at radius 3 is 1.29 bits per heavy atom. The molecule has 0 aliphatic carbocycles. The van der Waals surface area contributed by atoms with Crippen LogP contribution in [-0.2, 0) is 0 Å². The quantitative estimate of drug-likeness (QED) is 0.181. The van der Waals surface area contributed by atoms with E-state index in [1.54, 1.807) is 0 Å². The Bertz CT molecular complexity index is 2460. The molecular formula is C45H29N3S. The minimum absolute atomic E-state index is 0.647. The number of thiophene rings is 1. The molecule has 4 heteroatoms. The summed E-state index contributed by atoms with van der Waals surface area (Å²) >= 11 is 1.82. The molecule has 0 amide bonds. The van der Waals surface area contributed by atoms with Gasteiger partial charge in [0.25, 0.3) is 0 Å². The molecule has 3 nitrogen and oxygen atoms in total. The summed E-state index contributed by atoms with van der Waals surface area (Å²) < 4.78 is 2.47. The summed E-state index contributed by atoms with van der Waals surface area (Å²) in [6.07, 6.45) is 0. The van der Waals surface area contributed by atoms with Gasteiger partial charge in [-0.3, -0.25) is 0 Å². The fraction of sp³-hybridized carbons (Fsp3) is 0. The van der Waals surface area contributed by atoms with Gasteiger partial charge >= 0.3 is 0 Å². The second-order valence-electron chi connectivity index (χ2n) is 12.0. The largest absolute Gasteiger partial charge is 0.208 e. The highest BCUT2D eigenvalue weighted by Crippen LogP contribution is 2.43. The van der Waals surface area contributed by atoms with E-state index < -0.39 is 0 Å². The second-order valence-corrected chi connectivity index (χ2v) is 13.1. The molecule has 0 atom stereocenters. The van der Waals surface area contributed by atoms with E-state index in [-0.39, 0.29) is 0 Å². The average Bonchev–Trinajstić information content (AvgIpc) is 3.58. The minimum atomic E-state index is 0.647. The van der Waals surface area contributed by atoms with Crippen LogP contribution in [-0.4, -0.2) is 15.0 Å². The Morgan fingerprint density at radius 2 is 0.735 bits per heavy atom. The zero-order chi connectivity index (χ0) is 32.6. The van der Waals surface area contributed by atoms with Crippen LogP contribution >= 0.6 is 11.3 Å². The van der Waals surface area contributed by atoms with Gasteiger partial charge in [0, 0.05) is 36.9 Å². The standard InChI is InChI=1S/C45H29N3S/c1-4-12-30(13-5-1)32-22-26-35(27-23-32)43-46-44(36-28-24-33(25-29-36)31-14-6-2-7-15-31)48-45(47-43)39-20-11-21-40-41(39)38-19-10-18-37(42(38)49-40)34-16-8-3-9-17-34/h1-29H. The van der Waals surface area contributed by atoms with E-state index in [1.165, 1.54) is 42.4 Å². The van der Waals surface area contributed by atoms with Crippen molar-refractivity contribution in [2.24, 2.45) is 0 Å². The van der Waals surface area contributed by atoms with E-state index in [9.17, 15) is 0 Å². The van der Waals surface area contributed by atoms with Gasteiger partial charge in [0.05, 0.1) is 0 Å². The fourth-order valence-corrected chi connectivity index (χ4v) is 7.78. The maximum atomic E-state index is 5.17. The summed E-state index contributed by atoms with van der Waals surface area (Å²) in [6.45, 7) is 0. The van der Waals surface area contributed by atoms with E-state index in [1.807, 2.05) is 23.5 Å². The number of fused-ring (bicyclic) bond motifs is 3. The van der Waals surface area contributed by atoms with Crippen LogP contribution in [0.3, 0.4) is 0 Å². The van der Waals surface area contributed by atoms with Crippen molar-refractivity contribution in [1.82, 2.24) is 15.0 Å². The van der Waals surface area contributed by atoms with Crippen molar-refractivity contribution in [3.8, 4) is 67.5 Å². The Balaban J connectivity index is 1.21. The average molecular weight is 644 g/mol. The molecule has 0 aliphatic rings. The maximum Gasteiger partial charge on any atom is 0.164 e. The molecule has 2 aromatic heterocycles. The molecule has 0 saturated carbocycles. The summed E-state index contributed by atoms with van der Waals surface area (Å²) in [4.78, 5) is 15.4. The first kappa shape index (κ1) is 29.0. The molecule has 0 bridgehead atoms. The molecule has 7 aromatic carbocycles. The number of aromatic nitrogens is 3. The van der Waals surface area contributed by atoms with Crippen LogP contribution < -0.4 is 0 Å². The lowest BCUT2D eigenvalue weighted by Gasteiger charge is -2.11. The second kappa shape index (κ2) is 12.4. The van der Waals surface area contributed by atoms with Crippen molar-refractivity contribution >= 4 is 31.5 Å². The van der Waals surface area contributed by atoms with E-state index in [2.05, 4.69) is 164 Å². The van der Waals surface area contributed by atoms with E-state index in [0.717, 1.165) is 27.8 Å². The third kappa shape index (κ3) is 5.48. The van der Waals surface area contributed by atoms with Gasteiger partial charge in [0.2, 0.25) is 0 Å². The summed E-state index contributed by atoms with van der Waals surface area (Å²) in [5.74, 6) is 1.95. The molecule has 0 fully saturated rings. The van der Waals surface area contributed by atoms with Crippen molar-refractivity contribution in [1.29, 1.82) is 0 Å². The number of rotatable bonds is 6. The van der Waals surface area contributed by atoms with Crippen LogP contribution in [0.4, 0.5) is 0 Å². The number of hydrogen-bond donors (Lipinski definition) is 0. The first-order chi connectivity index (χ1) is 24.3. The first-order valence-electron chi connectivity index (χ1n) is 16.4. The Kier molecular flexibility index (Phi) is 7.34. The molecule has 9 aromatic rings. The third-order valence-electron chi connectivity index (χ3n) is 8.98. The van der Waals surface area contributed by atoms with Crippen molar-refractivity contribution in [2.75, 3.05) is 0 Å². The molecule has 49 heavy (non-hydrogen) atoms. The lowest BCUT2D eigenvalue weighted by atomic mass is 10.0. The Morgan fingerprint density at radius 1 is 0.306 bits per heavy atom. The zero-order valence-corrected chi connectivity index (χ0v) is 27.3. The lowest BCUT2D eigenvalue weighted by molar-refractivity contribution is 1.08. The third-order valence-corrected chi connectivity index (χ3v) is 10.2. The summed E-state index contributed by atoms with van der Waals surface area (Å²) in [6, 6.07) is 61.5. The van der Waals surface area contributed by atoms with E-state index >= 15 is 0 Å². The predicted octanol–water partition coefficient (Wildman–Crippen LogP) is 12.2. The molecule has 0 saturated heterocycles. The van der Waals surface area contributed by atoms with Crippen LogP contribution in [0.5, 0.6) is 0 Å². The van der Waals surface area contributed by atoms with Crippen LogP contribution in [0.2, 0.25) is 0 Å².